The summed E-state index contributed by atoms with van der Waals surface area (Å²) < 4.78 is 0. The highest BCUT2D eigenvalue weighted by Crippen LogP contribution is 2.49. The zero-order chi connectivity index (χ0) is 24.5. The molecule has 2 aromatic rings. The fourth-order valence-corrected chi connectivity index (χ4v) is 6.95. The Kier molecular flexibility index (Phi) is 6.39. The van der Waals surface area contributed by atoms with Crippen LogP contribution in [0.2, 0.25) is 0 Å². The number of nitrogens with one attached hydrogen (secondary N) is 2. The summed E-state index contributed by atoms with van der Waals surface area (Å²) in [4.78, 5) is 29.3. The zero-order valence-electron chi connectivity index (χ0n) is 20.7. The third-order valence-electron chi connectivity index (χ3n) is 8.70. The fraction of sp³-hybridized carbons (Fsp3) is 0.419. The molecule has 4 aliphatic rings. The number of fused-ring (bicyclic) bond motifs is 3. The number of allylic oxidation sites excluding steroid dienone is 3. The molecule has 1 unspecified atom stereocenters. The van der Waals surface area contributed by atoms with Crippen LogP contribution in [0.1, 0.15) is 60.5 Å². The van der Waals surface area contributed by atoms with E-state index in [2.05, 4.69) is 64.1 Å². The highest BCUT2D eigenvalue weighted by molar-refractivity contribution is 5.94. The van der Waals surface area contributed by atoms with E-state index in [1.165, 1.54) is 5.56 Å². The number of anilines is 1. The predicted molar refractivity (Wildman–Crippen MR) is 142 cm³/mol. The number of benzene rings is 2. The van der Waals surface area contributed by atoms with Crippen molar-refractivity contribution in [1.82, 2.24) is 10.2 Å². The van der Waals surface area contributed by atoms with Gasteiger partial charge >= 0.3 is 0 Å². The summed E-state index contributed by atoms with van der Waals surface area (Å²) in [7, 11) is 0. The topological polar surface area (TPSA) is 61.4 Å². The first-order chi connectivity index (χ1) is 17.7. The molecule has 0 aromatic heterocycles. The molecule has 1 saturated carbocycles. The summed E-state index contributed by atoms with van der Waals surface area (Å²) in [5, 5.41) is 7.08. The van der Waals surface area contributed by atoms with E-state index in [1.807, 2.05) is 30.3 Å². The molecule has 6 atom stereocenters. The van der Waals surface area contributed by atoms with Crippen molar-refractivity contribution >= 4 is 17.5 Å². The molecule has 2 aromatic carbocycles. The minimum absolute atomic E-state index is 0.0796. The molecular formula is C31H35N3O2. The predicted octanol–water partition coefficient (Wildman–Crippen LogP) is 5.49. The second-order valence-corrected chi connectivity index (χ2v) is 10.7. The lowest BCUT2D eigenvalue weighted by molar-refractivity contribution is -0.139. The van der Waals surface area contributed by atoms with Gasteiger partial charge in [-0.1, -0.05) is 73.5 Å². The van der Waals surface area contributed by atoms with Gasteiger partial charge in [0.05, 0.1) is 12.0 Å². The number of amides is 2. The first-order valence-electron chi connectivity index (χ1n) is 13.6. The summed E-state index contributed by atoms with van der Waals surface area (Å²) >= 11 is 0. The monoisotopic (exact) mass is 481 g/mol. The molecule has 2 fully saturated rings. The normalized spacial score (nSPS) is 30.7. The van der Waals surface area contributed by atoms with Crippen molar-refractivity contribution in [1.29, 1.82) is 0 Å². The highest BCUT2D eigenvalue weighted by Gasteiger charge is 2.49. The molecule has 5 heteroatoms. The number of carbonyl (C=O) groups excluding carboxylic acids is 2. The Morgan fingerprint density at radius 3 is 2.56 bits per heavy atom. The van der Waals surface area contributed by atoms with Crippen molar-refractivity contribution in [2.45, 2.75) is 56.7 Å². The van der Waals surface area contributed by atoms with E-state index in [0.717, 1.165) is 50.8 Å². The standard InChI is InChI=1S/C31H35N3O2/c35-30(22-13-5-2-6-14-22)33-27-18-10-8-16-24(27)31(36)34-20-19-25-28(21-11-3-1-4-12-21)32-26-17-9-7-15-23(26)29(25)34/h1-7,9,11,13-15,17,21,24-25,27-29,32H,8,10,12,16,18-20H2,(H,33,35)/t21?,24-,25+,27-,28-,29-/m0/s1. The number of nitrogens with zero attached hydrogens (tertiary/aromatic N) is 1. The van der Waals surface area contributed by atoms with Gasteiger partial charge in [0.2, 0.25) is 5.91 Å². The van der Waals surface area contributed by atoms with Gasteiger partial charge in [-0.25, -0.2) is 0 Å². The number of likely N-dealkylation sites (tertiary alicyclic amines) is 1. The molecule has 36 heavy (non-hydrogen) atoms. The van der Waals surface area contributed by atoms with Crippen molar-refractivity contribution in [2.75, 3.05) is 11.9 Å². The van der Waals surface area contributed by atoms with E-state index in [1.54, 1.807) is 0 Å². The van der Waals surface area contributed by atoms with E-state index < -0.39 is 0 Å². The molecule has 1 saturated heterocycles. The van der Waals surface area contributed by atoms with Gasteiger partial charge in [-0.3, -0.25) is 9.59 Å². The van der Waals surface area contributed by atoms with Crippen LogP contribution in [0.15, 0.2) is 78.9 Å². The maximum Gasteiger partial charge on any atom is 0.251 e. The number of rotatable bonds is 4. The van der Waals surface area contributed by atoms with Crippen molar-refractivity contribution < 1.29 is 9.59 Å². The Hall–Kier alpha value is -3.34. The summed E-state index contributed by atoms with van der Waals surface area (Å²) in [5.41, 5.74) is 3.05. The smallest absolute Gasteiger partial charge is 0.251 e. The molecule has 2 N–H and O–H groups in total. The minimum atomic E-state index is -0.164. The number of para-hydroxylation sites is 1. The molecular weight excluding hydrogens is 446 g/mol. The first-order valence-corrected chi connectivity index (χ1v) is 13.6. The van der Waals surface area contributed by atoms with Crippen LogP contribution in [0.4, 0.5) is 5.69 Å². The summed E-state index contributed by atoms with van der Waals surface area (Å²) in [6.07, 6.45) is 14.7. The average molecular weight is 482 g/mol. The van der Waals surface area contributed by atoms with Crippen LogP contribution in [0.5, 0.6) is 0 Å². The van der Waals surface area contributed by atoms with Gasteiger partial charge in [0.15, 0.2) is 0 Å². The quantitative estimate of drug-likeness (QED) is 0.607. The number of hydrogen-bond donors (Lipinski definition) is 2. The van der Waals surface area contributed by atoms with Gasteiger partial charge in [-0.05, 0) is 49.4 Å². The lowest BCUT2D eigenvalue weighted by Gasteiger charge is -2.44. The zero-order valence-corrected chi connectivity index (χ0v) is 20.7. The molecule has 2 heterocycles. The lowest BCUT2D eigenvalue weighted by Crippen LogP contribution is -2.51. The van der Waals surface area contributed by atoms with E-state index in [4.69, 9.17) is 0 Å². The molecule has 0 radical (unpaired) electrons. The minimum Gasteiger partial charge on any atom is -0.381 e. The van der Waals surface area contributed by atoms with Crippen LogP contribution in [0, 0.1) is 17.8 Å². The molecule has 6 rings (SSSR count). The fourth-order valence-electron chi connectivity index (χ4n) is 6.95. The Balaban J connectivity index is 1.26. The van der Waals surface area contributed by atoms with Crippen LogP contribution in [-0.2, 0) is 4.79 Å². The van der Waals surface area contributed by atoms with E-state index >= 15 is 0 Å². The van der Waals surface area contributed by atoms with Crippen molar-refractivity contribution in [3.05, 3.63) is 90.0 Å². The van der Waals surface area contributed by atoms with E-state index in [9.17, 15) is 9.59 Å². The van der Waals surface area contributed by atoms with Crippen LogP contribution < -0.4 is 10.6 Å². The maximum atomic E-state index is 14.2. The van der Waals surface area contributed by atoms with Crippen molar-refractivity contribution in [3.63, 3.8) is 0 Å². The third kappa shape index (κ3) is 4.25. The van der Waals surface area contributed by atoms with Crippen LogP contribution in [0.25, 0.3) is 0 Å². The van der Waals surface area contributed by atoms with E-state index in [0.29, 0.717) is 23.4 Å². The van der Waals surface area contributed by atoms with Gasteiger partial charge in [-0.2, -0.15) is 0 Å². The molecule has 2 aliphatic carbocycles. The number of carbonyl (C=O) groups is 2. The molecule has 5 nitrogen and oxygen atoms in total. The summed E-state index contributed by atoms with van der Waals surface area (Å²) in [6, 6.07) is 18.1. The van der Waals surface area contributed by atoms with Gasteiger partial charge in [0.1, 0.15) is 0 Å². The summed E-state index contributed by atoms with van der Waals surface area (Å²) in [5.74, 6) is 0.784. The molecule has 0 spiro atoms. The Morgan fingerprint density at radius 2 is 1.72 bits per heavy atom. The maximum absolute atomic E-state index is 14.2. The Bertz CT molecular complexity index is 1170. The average Bonchev–Trinajstić information content (AvgIpc) is 3.39. The Morgan fingerprint density at radius 1 is 0.917 bits per heavy atom. The summed E-state index contributed by atoms with van der Waals surface area (Å²) in [6.45, 7) is 0.781. The molecule has 2 aliphatic heterocycles. The van der Waals surface area contributed by atoms with Crippen LogP contribution in [0.3, 0.4) is 0 Å². The van der Waals surface area contributed by atoms with E-state index in [-0.39, 0.29) is 29.8 Å². The van der Waals surface area contributed by atoms with Crippen molar-refractivity contribution in [2.24, 2.45) is 17.8 Å². The van der Waals surface area contributed by atoms with Gasteiger partial charge < -0.3 is 15.5 Å². The molecule has 186 valence electrons. The molecule has 2 amide bonds. The van der Waals surface area contributed by atoms with Gasteiger partial charge in [0, 0.05) is 41.7 Å². The Labute approximate surface area is 213 Å². The third-order valence-corrected chi connectivity index (χ3v) is 8.70. The van der Waals surface area contributed by atoms with Crippen LogP contribution in [-0.4, -0.2) is 35.3 Å². The molecule has 0 bridgehead atoms. The highest BCUT2D eigenvalue weighted by atomic mass is 16.2. The van der Waals surface area contributed by atoms with Crippen molar-refractivity contribution in [3.8, 4) is 0 Å². The first kappa shape index (κ1) is 23.1. The van der Waals surface area contributed by atoms with Gasteiger partial charge in [-0.15, -0.1) is 0 Å². The number of hydrogen-bond acceptors (Lipinski definition) is 3. The largest absolute Gasteiger partial charge is 0.381 e. The second-order valence-electron chi connectivity index (χ2n) is 10.7. The SMILES string of the molecule is O=C(N[C@H]1CCCC[C@@H]1C(=O)N1CC[C@@H]2[C@H](C3C=CC=CC3)Nc3ccccc3[C@@H]21)c1ccccc1. The lowest BCUT2D eigenvalue weighted by atomic mass is 9.75. The second kappa shape index (κ2) is 9.96. The van der Waals surface area contributed by atoms with Gasteiger partial charge in [0.25, 0.3) is 5.91 Å². The van der Waals surface area contributed by atoms with Crippen LogP contribution >= 0.6 is 0 Å².